The average Bonchev–Trinajstić information content (AvgIpc) is 2.83. The molecule has 1 aromatic rings. The van der Waals surface area contributed by atoms with Gasteiger partial charge in [-0.1, -0.05) is 92.0 Å². The van der Waals surface area contributed by atoms with Crippen molar-refractivity contribution in [3.8, 4) is 0 Å². The molecular formula is C33H58O5Si2. The van der Waals surface area contributed by atoms with Crippen molar-refractivity contribution in [2.45, 2.75) is 129 Å². The van der Waals surface area contributed by atoms with Gasteiger partial charge in [-0.2, -0.15) is 0 Å². The molecule has 5 atom stereocenters. The highest BCUT2D eigenvalue weighted by Crippen LogP contribution is 2.44. The molecule has 5 nitrogen and oxygen atoms in total. The quantitative estimate of drug-likeness (QED) is 0.185. The summed E-state index contributed by atoms with van der Waals surface area (Å²) >= 11 is 0. The number of aliphatic hydroxyl groups excluding tert-OH is 1. The zero-order valence-electron chi connectivity index (χ0n) is 27.3. The van der Waals surface area contributed by atoms with Crippen LogP contribution in [-0.4, -0.2) is 59.4 Å². The maximum Gasteiger partial charge on any atom is 0.193 e. The van der Waals surface area contributed by atoms with Gasteiger partial charge in [-0.25, -0.2) is 0 Å². The van der Waals surface area contributed by atoms with Crippen LogP contribution in [0.25, 0.3) is 0 Å². The summed E-state index contributed by atoms with van der Waals surface area (Å²) in [6.07, 6.45) is 0.142. The van der Waals surface area contributed by atoms with Crippen LogP contribution in [-0.2, 0) is 24.9 Å². The summed E-state index contributed by atoms with van der Waals surface area (Å²) in [6.45, 7) is 34.8. The Labute approximate surface area is 247 Å². The van der Waals surface area contributed by atoms with E-state index in [1.165, 1.54) is 0 Å². The van der Waals surface area contributed by atoms with Gasteiger partial charge in [0.2, 0.25) is 0 Å². The zero-order chi connectivity index (χ0) is 30.5. The van der Waals surface area contributed by atoms with E-state index in [9.17, 15) is 5.11 Å². The zero-order valence-corrected chi connectivity index (χ0v) is 29.3. The summed E-state index contributed by atoms with van der Waals surface area (Å²) in [5, 5.41) is 9.81. The second-order valence-corrected chi connectivity index (χ2v) is 24.2. The van der Waals surface area contributed by atoms with Gasteiger partial charge in [0.15, 0.2) is 16.6 Å². The third kappa shape index (κ3) is 9.22. The van der Waals surface area contributed by atoms with Crippen LogP contribution in [0.1, 0.15) is 66.9 Å². The van der Waals surface area contributed by atoms with Crippen LogP contribution in [0.2, 0.25) is 36.3 Å². The molecule has 0 aromatic heterocycles. The molecule has 228 valence electrons. The second kappa shape index (κ2) is 13.9. The second-order valence-electron chi connectivity index (χ2n) is 14.7. The Morgan fingerprint density at radius 3 is 2.12 bits per heavy atom. The molecule has 1 saturated heterocycles. The summed E-state index contributed by atoms with van der Waals surface area (Å²) in [4.78, 5) is 0. The molecule has 0 aliphatic carbocycles. The van der Waals surface area contributed by atoms with Crippen molar-refractivity contribution in [1.29, 1.82) is 0 Å². The molecule has 7 heteroatoms. The summed E-state index contributed by atoms with van der Waals surface area (Å²) in [6, 6.07) is 10.2. The minimum Gasteiger partial charge on any atom is -0.411 e. The predicted octanol–water partition coefficient (Wildman–Crippen LogP) is 8.27. The van der Waals surface area contributed by atoms with Crippen molar-refractivity contribution >= 4 is 16.6 Å². The van der Waals surface area contributed by atoms with Gasteiger partial charge in [0.25, 0.3) is 0 Å². The number of benzene rings is 1. The molecule has 0 saturated carbocycles. The molecule has 1 aliphatic rings. The topological polar surface area (TPSA) is 57.2 Å². The SMILES string of the molecule is C=C1C[C@H](O[Si](C)(C)C(C)(C)C)[C@@H]([C@H](O[Si](C)(C)C(C)(C)C)C(=C)[C@H](C)CCO)O[C@H]1COCc1ccccc1. The lowest BCUT2D eigenvalue weighted by Gasteiger charge is -2.49. The Hall–Kier alpha value is -1.07. The first kappa shape index (κ1) is 35.1. The molecule has 1 aromatic carbocycles. The van der Waals surface area contributed by atoms with Crippen molar-refractivity contribution in [3.63, 3.8) is 0 Å². The first-order valence-electron chi connectivity index (χ1n) is 14.9. The van der Waals surface area contributed by atoms with Crippen LogP contribution in [0.15, 0.2) is 54.6 Å². The van der Waals surface area contributed by atoms with Gasteiger partial charge in [0.1, 0.15) is 12.2 Å². The molecule has 2 rings (SSSR count). The fourth-order valence-electron chi connectivity index (χ4n) is 4.33. The molecule has 40 heavy (non-hydrogen) atoms. The van der Waals surface area contributed by atoms with Crippen molar-refractivity contribution in [2.75, 3.05) is 13.2 Å². The van der Waals surface area contributed by atoms with Crippen molar-refractivity contribution in [1.82, 2.24) is 0 Å². The van der Waals surface area contributed by atoms with Gasteiger partial charge in [0, 0.05) is 6.61 Å². The van der Waals surface area contributed by atoms with E-state index in [1.54, 1.807) is 0 Å². The Kier molecular flexibility index (Phi) is 12.2. The smallest absolute Gasteiger partial charge is 0.193 e. The molecule has 1 heterocycles. The maximum absolute atomic E-state index is 9.75. The van der Waals surface area contributed by atoms with Crippen LogP contribution in [0, 0.1) is 5.92 Å². The Morgan fingerprint density at radius 2 is 1.60 bits per heavy atom. The molecule has 0 radical (unpaired) electrons. The van der Waals surface area contributed by atoms with Crippen LogP contribution in [0.4, 0.5) is 0 Å². The molecule has 0 unspecified atom stereocenters. The largest absolute Gasteiger partial charge is 0.411 e. The van der Waals surface area contributed by atoms with Crippen LogP contribution in [0.5, 0.6) is 0 Å². The molecule has 1 fully saturated rings. The number of rotatable bonds is 13. The lowest BCUT2D eigenvalue weighted by molar-refractivity contribution is -0.140. The Bertz CT molecular complexity index is 961. The standard InChI is InChI=1S/C33H58O5Si2/c1-24(19-20-34)26(3)30(38-40(12,13)33(7,8)9)31-28(37-39(10,11)32(4,5)6)21-25(2)29(36-31)23-35-22-27-17-15-14-16-18-27/h14-18,24,28-31,34H,2-3,19-23H2,1,4-13H3/t24-,28+,29+,30-,31+/m1/s1. The molecule has 0 bridgehead atoms. The predicted molar refractivity (Wildman–Crippen MR) is 173 cm³/mol. The third-order valence-electron chi connectivity index (χ3n) is 9.33. The van der Waals surface area contributed by atoms with E-state index in [2.05, 4.69) is 99.9 Å². The van der Waals surface area contributed by atoms with Crippen molar-refractivity contribution < 1.29 is 23.4 Å². The third-order valence-corrected chi connectivity index (χ3v) is 18.3. The molecule has 1 aliphatic heterocycles. The number of aliphatic hydroxyl groups is 1. The van der Waals surface area contributed by atoms with Gasteiger partial charge in [-0.15, -0.1) is 0 Å². The highest BCUT2D eigenvalue weighted by molar-refractivity contribution is 6.74. The molecular weight excluding hydrogens is 533 g/mol. The fourth-order valence-corrected chi connectivity index (χ4v) is 6.93. The van der Waals surface area contributed by atoms with Gasteiger partial charge < -0.3 is 23.4 Å². The molecule has 0 spiro atoms. The summed E-state index contributed by atoms with van der Waals surface area (Å²) in [5.74, 6) is 0.0785. The minimum absolute atomic E-state index is 0.0119. The van der Waals surface area contributed by atoms with Crippen LogP contribution >= 0.6 is 0 Å². The Morgan fingerprint density at radius 1 is 1.02 bits per heavy atom. The van der Waals surface area contributed by atoms with E-state index >= 15 is 0 Å². The lowest BCUT2D eigenvalue weighted by Crippen LogP contribution is -2.58. The average molecular weight is 591 g/mol. The normalized spacial score (nSPS) is 22.7. The van der Waals surface area contributed by atoms with Gasteiger partial charge in [-0.3, -0.25) is 0 Å². The molecule has 1 N–H and O–H groups in total. The molecule has 0 amide bonds. The summed E-state index contributed by atoms with van der Waals surface area (Å²) in [7, 11) is -4.36. The first-order valence-corrected chi connectivity index (χ1v) is 20.7. The van der Waals surface area contributed by atoms with Crippen molar-refractivity contribution in [3.05, 3.63) is 60.2 Å². The van der Waals surface area contributed by atoms with Gasteiger partial charge >= 0.3 is 0 Å². The van der Waals surface area contributed by atoms with Crippen LogP contribution in [0.3, 0.4) is 0 Å². The monoisotopic (exact) mass is 590 g/mol. The summed E-state index contributed by atoms with van der Waals surface area (Å²) < 4.78 is 27.3. The van der Waals surface area contributed by atoms with Gasteiger partial charge in [-0.05, 0) is 71.7 Å². The lowest BCUT2D eigenvalue weighted by atomic mass is 9.86. The number of hydrogen-bond donors (Lipinski definition) is 1. The van der Waals surface area contributed by atoms with E-state index in [0.717, 1.165) is 16.7 Å². The minimum atomic E-state index is -2.22. The number of ether oxygens (including phenoxy) is 2. The summed E-state index contributed by atoms with van der Waals surface area (Å²) in [5.41, 5.74) is 3.09. The van der Waals surface area contributed by atoms with E-state index in [1.807, 2.05) is 18.2 Å². The first-order chi connectivity index (χ1) is 18.3. The van der Waals surface area contributed by atoms with E-state index < -0.39 is 16.6 Å². The van der Waals surface area contributed by atoms with Crippen LogP contribution < -0.4 is 0 Å². The highest BCUT2D eigenvalue weighted by atomic mass is 28.4. The van der Waals surface area contributed by atoms with E-state index in [4.69, 9.17) is 18.3 Å². The Balaban J connectivity index is 2.45. The van der Waals surface area contributed by atoms with Crippen molar-refractivity contribution in [2.24, 2.45) is 5.92 Å². The van der Waals surface area contributed by atoms with E-state index in [0.29, 0.717) is 26.1 Å². The number of hydrogen-bond acceptors (Lipinski definition) is 5. The maximum atomic E-state index is 9.75. The fraction of sp³-hybridized carbons (Fsp3) is 0.697. The van der Waals surface area contributed by atoms with E-state index in [-0.39, 0.29) is 47.0 Å². The van der Waals surface area contributed by atoms with Gasteiger partial charge in [0.05, 0.1) is 25.4 Å². The highest BCUT2D eigenvalue weighted by Gasteiger charge is 2.49.